The van der Waals surface area contributed by atoms with Gasteiger partial charge in [-0.2, -0.15) is 0 Å². The van der Waals surface area contributed by atoms with Crippen LogP contribution in [0.25, 0.3) is 0 Å². The first-order valence-corrected chi connectivity index (χ1v) is 6.63. The van der Waals surface area contributed by atoms with Crippen molar-refractivity contribution in [1.29, 1.82) is 0 Å². The van der Waals surface area contributed by atoms with Crippen molar-refractivity contribution in [2.45, 2.75) is 38.8 Å². The molecule has 1 rings (SSSR count). The molecule has 0 aliphatic rings. The number of hydrogen-bond acceptors (Lipinski definition) is 2. The Morgan fingerprint density at radius 2 is 1.94 bits per heavy atom. The summed E-state index contributed by atoms with van der Waals surface area (Å²) >= 11 is 3.57. The van der Waals surface area contributed by atoms with E-state index in [4.69, 9.17) is 0 Å². The van der Waals surface area contributed by atoms with E-state index in [1.807, 2.05) is 12.1 Å². The molecule has 2 N–H and O–H groups in total. The second kappa shape index (κ2) is 7.05. The first-order chi connectivity index (χ1) is 7.72. The van der Waals surface area contributed by atoms with E-state index in [1.165, 1.54) is 5.56 Å². The Balaban J connectivity index is 2.78. The third-order valence-electron chi connectivity index (χ3n) is 2.84. The van der Waals surface area contributed by atoms with E-state index in [1.54, 1.807) is 0 Å². The highest BCUT2D eigenvalue weighted by atomic mass is 79.9. The van der Waals surface area contributed by atoms with E-state index in [9.17, 15) is 5.11 Å². The molecule has 0 bridgehead atoms. The number of rotatable bonds is 6. The average Bonchev–Trinajstić information content (AvgIpc) is 2.32. The van der Waals surface area contributed by atoms with Crippen LogP contribution in [-0.4, -0.2) is 17.8 Å². The molecule has 0 aliphatic heterocycles. The molecule has 0 spiro atoms. The lowest BCUT2D eigenvalue weighted by atomic mass is 10.0. The number of hydrogen-bond donors (Lipinski definition) is 2. The van der Waals surface area contributed by atoms with Crippen LogP contribution < -0.4 is 5.32 Å². The molecule has 3 heteroatoms. The monoisotopic (exact) mass is 285 g/mol. The van der Waals surface area contributed by atoms with Gasteiger partial charge in [-0.05, 0) is 24.5 Å². The minimum absolute atomic E-state index is 0.178. The molecule has 1 aromatic carbocycles. The SMILES string of the molecule is CCC(CO)NC(CC)c1ccccc1Br. The third kappa shape index (κ3) is 3.58. The Morgan fingerprint density at radius 3 is 2.44 bits per heavy atom. The topological polar surface area (TPSA) is 32.3 Å². The lowest BCUT2D eigenvalue weighted by molar-refractivity contribution is 0.226. The first-order valence-electron chi connectivity index (χ1n) is 5.84. The van der Waals surface area contributed by atoms with Gasteiger partial charge < -0.3 is 10.4 Å². The summed E-state index contributed by atoms with van der Waals surface area (Å²) in [5, 5.41) is 12.7. The minimum atomic E-state index is 0.178. The molecule has 2 nitrogen and oxygen atoms in total. The minimum Gasteiger partial charge on any atom is -0.395 e. The Kier molecular flexibility index (Phi) is 6.03. The number of aliphatic hydroxyl groups excluding tert-OH is 1. The van der Waals surface area contributed by atoms with Gasteiger partial charge in [0, 0.05) is 16.6 Å². The summed E-state index contributed by atoms with van der Waals surface area (Å²) in [6.07, 6.45) is 1.95. The van der Waals surface area contributed by atoms with Crippen LogP contribution in [0.1, 0.15) is 38.3 Å². The predicted octanol–water partition coefficient (Wildman–Crippen LogP) is 3.26. The number of benzene rings is 1. The summed E-state index contributed by atoms with van der Waals surface area (Å²) in [7, 11) is 0. The summed E-state index contributed by atoms with van der Waals surface area (Å²) in [6, 6.07) is 8.72. The molecule has 0 radical (unpaired) electrons. The van der Waals surface area contributed by atoms with Crippen LogP contribution in [0.2, 0.25) is 0 Å². The molecule has 0 heterocycles. The zero-order valence-corrected chi connectivity index (χ0v) is 11.5. The highest BCUT2D eigenvalue weighted by Gasteiger charge is 2.15. The molecule has 2 unspecified atom stereocenters. The van der Waals surface area contributed by atoms with Crippen molar-refractivity contribution >= 4 is 15.9 Å². The molecular formula is C13H20BrNO. The Bertz CT molecular complexity index is 313. The van der Waals surface area contributed by atoms with Crippen molar-refractivity contribution in [2.75, 3.05) is 6.61 Å². The second-order valence-corrected chi connectivity index (χ2v) is 4.79. The van der Waals surface area contributed by atoms with Gasteiger partial charge in [0.2, 0.25) is 0 Å². The standard InChI is InChI=1S/C13H20BrNO/c1-3-10(9-16)15-13(4-2)11-7-5-6-8-12(11)14/h5-8,10,13,15-16H,3-4,9H2,1-2H3. The lowest BCUT2D eigenvalue weighted by Gasteiger charge is -2.24. The normalized spacial score (nSPS) is 14.8. The zero-order chi connectivity index (χ0) is 12.0. The maximum absolute atomic E-state index is 9.21. The summed E-state index contributed by atoms with van der Waals surface area (Å²) < 4.78 is 1.13. The molecule has 0 saturated carbocycles. The van der Waals surface area contributed by atoms with Crippen molar-refractivity contribution in [2.24, 2.45) is 0 Å². The molecule has 0 saturated heterocycles. The molecule has 90 valence electrons. The van der Waals surface area contributed by atoms with Crippen molar-refractivity contribution in [1.82, 2.24) is 5.32 Å². The summed E-state index contributed by atoms with van der Waals surface area (Å²) in [4.78, 5) is 0. The van der Waals surface area contributed by atoms with Gasteiger partial charge in [0.05, 0.1) is 6.61 Å². The van der Waals surface area contributed by atoms with Crippen molar-refractivity contribution < 1.29 is 5.11 Å². The number of aliphatic hydroxyl groups is 1. The molecule has 1 aromatic rings. The Labute approximate surface area is 106 Å². The van der Waals surface area contributed by atoms with Crippen molar-refractivity contribution in [3.05, 3.63) is 34.3 Å². The van der Waals surface area contributed by atoms with Gasteiger partial charge >= 0.3 is 0 Å². The van der Waals surface area contributed by atoms with Crippen LogP contribution in [0.5, 0.6) is 0 Å². The smallest absolute Gasteiger partial charge is 0.0584 e. The summed E-state index contributed by atoms with van der Waals surface area (Å²) in [6.45, 7) is 4.43. The van der Waals surface area contributed by atoms with Crippen LogP contribution >= 0.6 is 15.9 Å². The largest absolute Gasteiger partial charge is 0.395 e. The fourth-order valence-corrected chi connectivity index (χ4v) is 2.33. The zero-order valence-electron chi connectivity index (χ0n) is 9.91. The molecule has 0 aliphatic carbocycles. The van der Waals surface area contributed by atoms with Crippen LogP contribution in [0, 0.1) is 0 Å². The van der Waals surface area contributed by atoms with E-state index in [2.05, 4.69) is 47.2 Å². The molecule has 16 heavy (non-hydrogen) atoms. The molecule has 0 amide bonds. The van der Waals surface area contributed by atoms with Gasteiger partial charge in [0.15, 0.2) is 0 Å². The van der Waals surface area contributed by atoms with Crippen LogP contribution in [0.4, 0.5) is 0 Å². The fraction of sp³-hybridized carbons (Fsp3) is 0.538. The highest BCUT2D eigenvalue weighted by Crippen LogP contribution is 2.25. The van der Waals surface area contributed by atoms with E-state index in [0.29, 0.717) is 6.04 Å². The maximum Gasteiger partial charge on any atom is 0.0584 e. The Hall–Kier alpha value is -0.380. The van der Waals surface area contributed by atoms with Gasteiger partial charge in [0.1, 0.15) is 0 Å². The predicted molar refractivity (Wildman–Crippen MR) is 71.5 cm³/mol. The number of nitrogens with one attached hydrogen (secondary N) is 1. The van der Waals surface area contributed by atoms with Gasteiger partial charge in [-0.3, -0.25) is 0 Å². The third-order valence-corrected chi connectivity index (χ3v) is 3.56. The molecule has 0 aromatic heterocycles. The van der Waals surface area contributed by atoms with E-state index >= 15 is 0 Å². The quantitative estimate of drug-likeness (QED) is 0.841. The molecular weight excluding hydrogens is 266 g/mol. The van der Waals surface area contributed by atoms with Crippen LogP contribution in [0.3, 0.4) is 0 Å². The van der Waals surface area contributed by atoms with Crippen LogP contribution in [-0.2, 0) is 0 Å². The highest BCUT2D eigenvalue weighted by molar-refractivity contribution is 9.10. The summed E-state index contributed by atoms with van der Waals surface area (Å²) in [5.41, 5.74) is 1.26. The van der Waals surface area contributed by atoms with Crippen molar-refractivity contribution in [3.63, 3.8) is 0 Å². The molecule has 2 atom stereocenters. The second-order valence-electron chi connectivity index (χ2n) is 3.94. The molecule has 0 fully saturated rings. The van der Waals surface area contributed by atoms with Crippen molar-refractivity contribution in [3.8, 4) is 0 Å². The van der Waals surface area contributed by atoms with E-state index in [-0.39, 0.29) is 12.6 Å². The summed E-state index contributed by atoms with van der Waals surface area (Å²) in [5.74, 6) is 0. The fourth-order valence-electron chi connectivity index (χ4n) is 1.77. The average molecular weight is 286 g/mol. The van der Waals surface area contributed by atoms with E-state index < -0.39 is 0 Å². The van der Waals surface area contributed by atoms with Gasteiger partial charge in [-0.15, -0.1) is 0 Å². The van der Waals surface area contributed by atoms with Crippen LogP contribution in [0.15, 0.2) is 28.7 Å². The Morgan fingerprint density at radius 1 is 1.25 bits per heavy atom. The maximum atomic E-state index is 9.21. The van der Waals surface area contributed by atoms with E-state index in [0.717, 1.165) is 17.3 Å². The van der Waals surface area contributed by atoms with Gasteiger partial charge in [0.25, 0.3) is 0 Å². The lowest BCUT2D eigenvalue weighted by Crippen LogP contribution is -2.35. The number of halogens is 1. The van der Waals surface area contributed by atoms with Gasteiger partial charge in [-0.1, -0.05) is 48.0 Å². The van der Waals surface area contributed by atoms with Gasteiger partial charge in [-0.25, -0.2) is 0 Å². The first kappa shape index (κ1) is 13.7.